The molecule has 0 spiro atoms. The van der Waals surface area contributed by atoms with Crippen molar-refractivity contribution in [1.29, 1.82) is 0 Å². The van der Waals surface area contributed by atoms with Gasteiger partial charge >= 0.3 is 11.3 Å². The Kier molecular flexibility index (Phi) is 9.80. The highest BCUT2D eigenvalue weighted by Gasteiger charge is 2.18. The first-order chi connectivity index (χ1) is 22.3. The van der Waals surface area contributed by atoms with Crippen LogP contribution in [0, 0.1) is 6.92 Å². The number of aryl methyl sites for hydroxylation is 3. The Hall–Kier alpha value is -4.08. The first-order valence-electron chi connectivity index (χ1n) is 16.1. The average Bonchev–Trinajstić information content (AvgIpc) is 3.72. The second kappa shape index (κ2) is 14.1. The van der Waals surface area contributed by atoms with Crippen molar-refractivity contribution < 1.29 is 13.9 Å². The highest BCUT2D eigenvalue weighted by Crippen LogP contribution is 2.34. The number of hydrogen-bond donors (Lipinski definition) is 1. The van der Waals surface area contributed by atoms with Crippen LogP contribution in [-0.2, 0) is 12.8 Å². The number of aromatic hydroxyl groups is 1. The molecule has 0 aliphatic rings. The van der Waals surface area contributed by atoms with Gasteiger partial charge in [0.15, 0.2) is 10.0 Å². The number of thiazole rings is 2. The minimum Gasteiger partial charge on any atom is -0.508 e. The maximum absolute atomic E-state index is 13.0. The summed E-state index contributed by atoms with van der Waals surface area (Å²) in [6.07, 6.45) is 11.0. The summed E-state index contributed by atoms with van der Waals surface area (Å²) in [5.74, 6) is 0.147. The number of rotatable bonds is 13. The molecule has 7 nitrogen and oxygen atoms in total. The molecule has 6 aromatic rings. The van der Waals surface area contributed by atoms with Gasteiger partial charge in [0.25, 0.3) is 0 Å². The molecular weight excluding hydrogens is 617 g/mol. The molecule has 0 atom stereocenters. The summed E-state index contributed by atoms with van der Waals surface area (Å²) in [6, 6.07) is 11.2. The van der Waals surface area contributed by atoms with Crippen molar-refractivity contribution in [2.24, 2.45) is 0 Å². The molecule has 0 aliphatic carbocycles. The zero-order valence-corrected chi connectivity index (χ0v) is 28.1. The molecule has 4 heterocycles. The third-order valence-electron chi connectivity index (χ3n) is 8.47. The van der Waals surface area contributed by atoms with E-state index in [1.54, 1.807) is 6.07 Å². The van der Waals surface area contributed by atoms with Crippen molar-refractivity contribution >= 4 is 44.6 Å². The summed E-state index contributed by atoms with van der Waals surface area (Å²) < 4.78 is 11.3. The van der Waals surface area contributed by atoms with Crippen molar-refractivity contribution in [1.82, 2.24) is 9.97 Å². The van der Waals surface area contributed by atoms with E-state index in [0.29, 0.717) is 43.7 Å². The molecule has 0 amide bonds. The summed E-state index contributed by atoms with van der Waals surface area (Å²) in [5.41, 5.74) is 5.03. The molecule has 4 aromatic heterocycles. The van der Waals surface area contributed by atoms with Gasteiger partial charge in [-0.3, -0.25) is 0 Å². The van der Waals surface area contributed by atoms with Crippen molar-refractivity contribution in [3.8, 4) is 38.3 Å². The maximum Gasteiger partial charge on any atom is 0.345 e. The molecule has 0 radical (unpaired) electrons. The van der Waals surface area contributed by atoms with Gasteiger partial charge in [0.1, 0.15) is 16.9 Å². The Balaban J connectivity index is 1.26. The van der Waals surface area contributed by atoms with Crippen LogP contribution in [0.15, 0.2) is 65.6 Å². The van der Waals surface area contributed by atoms with Gasteiger partial charge in [-0.1, -0.05) is 52.4 Å². The average molecular weight is 655 g/mol. The molecule has 0 bridgehead atoms. The summed E-state index contributed by atoms with van der Waals surface area (Å²) in [7, 11) is 0. The van der Waals surface area contributed by atoms with Crippen LogP contribution in [0.25, 0.3) is 54.5 Å². The molecule has 1 N–H and O–H groups in total. The summed E-state index contributed by atoms with van der Waals surface area (Å²) in [4.78, 5) is 35.4. The Morgan fingerprint density at radius 2 is 1.15 bits per heavy atom. The quantitative estimate of drug-likeness (QED) is 0.0975. The summed E-state index contributed by atoms with van der Waals surface area (Å²) in [6.45, 7) is 6.45. The van der Waals surface area contributed by atoms with Gasteiger partial charge in [-0.25, -0.2) is 19.6 Å². The first-order valence-corrected chi connectivity index (χ1v) is 17.9. The van der Waals surface area contributed by atoms with E-state index in [2.05, 4.69) is 26.8 Å². The van der Waals surface area contributed by atoms with Gasteiger partial charge in [0.05, 0.1) is 22.5 Å². The zero-order chi connectivity index (χ0) is 32.2. The number of phenolic OH excluding ortho intramolecular Hbond substituents is 1. The number of benzene rings is 2. The van der Waals surface area contributed by atoms with Crippen LogP contribution in [-0.4, -0.2) is 15.1 Å². The molecule has 238 valence electrons. The van der Waals surface area contributed by atoms with Crippen molar-refractivity contribution in [2.45, 2.75) is 85.0 Å². The predicted octanol–water partition coefficient (Wildman–Crippen LogP) is 10.1. The van der Waals surface area contributed by atoms with Gasteiger partial charge in [0.2, 0.25) is 0 Å². The lowest BCUT2D eigenvalue weighted by molar-refractivity contribution is 0.464. The molecule has 6 rings (SSSR count). The lowest BCUT2D eigenvalue weighted by atomic mass is 9.99. The maximum atomic E-state index is 13.0. The largest absolute Gasteiger partial charge is 0.508 e. The van der Waals surface area contributed by atoms with Crippen LogP contribution in [0.3, 0.4) is 0 Å². The number of hydrogen-bond acceptors (Lipinski definition) is 9. The molecule has 46 heavy (non-hydrogen) atoms. The van der Waals surface area contributed by atoms with E-state index in [0.717, 1.165) is 66.8 Å². The third-order valence-corrected chi connectivity index (χ3v) is 10.3. The highest BCUT2D eigenvalue weighted by molar-refractivity contribution is 7.20. The van der Waals surface area contributed by atoms with E-state index < -0.39 is 11.3 Å². The second-order valence-electron chi connectivity index (χ2n) is 11.9. The van der Waals surface area contributed by atoms with Gasteiger partial charge < -0.3 is 13.9 Å². The Labute approximate surface area is 275 Å². The minimum absolute atomic E-state index is 0.147. The third kappa shape index (κ3) is 6.86. The fourth-order valence-corrected chi connectivity index (χ4v) is 7.51. The van der Waals surface area contributed by atoms with Crippen LogP contribution in [0.2, 0.25) is 0 Å². The highest BCUT2D eigenvalue weighted by atomic mass is 32.1. The summed E-state index contributed by atoms with van der Waals surface area (Å²) >= 11 is 2.77. The van der Waals surface area contributed by atoms with E-state index >= 15 is 0 Å². The van der Waals surface area contributed by atoms with Crippen molar-refractivity contribution in [3.63, 3.8) is 0 Å². The Morgan fingerprint density at radius 1 is 0.652 bits per heavy atom. The number of aromatic nitrogens is 2. The minimum atomic E-state index is -0.520. The van der Waals surface area contributed by atoms with Crippen LogP contribution in [0.4, 0.5) is 0 Å². The fourth-order valence-electron chi connectivity index (χ4n) is 5.82. The van der Waals surface area contributed by atoms with Crippen LogP contribution in [0.5, 0.6) is 5.75 Å². The molecule has 2 aromatic carbocycles. The number of nitrogens with zero attached hydrogens (tertiary/aromatic N) is 2. The van der Waals surface area contributed by atoms with Crippen LogP contribution < -0.4 is 11.3 Å². The van der Waals surface area contributed by atoms with Gasteiger partial charge in [-0.05, 0) is 79.6 Å². The van der Waals surface area contributed by atoms with Gasteiger partial charge in [0, 0.05) is 27.6 Å². The van der Waals surface area contributed by atoms with Crippen LogP contribution >= 0.6 is 22.7 Å². The normalized spacial score (nSPS) is 11.6. The standard InChI is InChI=1S/C37H38N2O5S2/c1-4-6-8-10-12-23-15-25-17-27(36(41)43-32(25)14-22(23)3)29-20-45-34(38-29)35-39-30(21-46-35)28-18-26-16-24(13-11-9-7-5-2)31(40)19-33(26)44-37(28)42/h14-21,40H,4-13H2,1-3H3. The number of phenols is 1. The van der Waals surface area contributed by atoms with E-state index in [1.165, 1.54) is 53.6 Å². The van der Waals surface area contributed by atoms with Gasteiger partial charge in [-0.2, -0.15) is 0 Å². The molecule has 9 heteroatoms. The second-order valence-corrected chi connectivity index (χ2v) is 13.6. The molecule has 0 saturated carbocycles. The fraction of sp³-hybridized carbons (Fsp3) is 0.351. The lowest BCUT2D eigenvalue weighted by Gasteiger charge is -2.08. The Bertz CT molecular complexity index is 1970. The molecular formula is C37H38N2O5S2. The molecule has 0 saturated heterocycles. The monoisotopic (exact) mass is 654 g/mol. The zero-order valence-electron chi connectivity index (χ0n) is 26.5. The predicted molar refractivity (Wildman–Crippen MR) is 188 cm³/mol. The SMILES string of the molecule is CCCCCCc1cc2cc(-c3csc(-c4nc(-c5cc6cc(CCCCCC)c(O)cc6oc5=O)cs4)n3)c(=O)oc2cc1C. The topological polar surface area (TPSA) is 106 Å². The van der Waals surface area contributed by atoms with E-state index in [1.807, 2.05) is 29.0 Å². The number of unbranched alkanes of at least 4 members (excludes halogenated alkanes) is 6. The summed E-state index contributed by atoms with van der Waals surface area (Å²) in [5, 5.41) is 17.1. The Morgan fingerprint density at radius 3 is 1.70 bits per heavy atom. The molecule has 0 unspecified atom stereocenters. The van der Waals surface area contributed by atoms with E-state index in [4.69, 9.17) is 18.8 Å². The van der Waals surface area contributed by atoms with E-state index in [9.17, 15) is 14.7 Å². The lowest BCUT2D eigenvalue weighted by Crippen LogP contribution is -2.04. The van der Waals surface area contributed by atoms with Crippen molar-refractivity contribution in [2.75, 3.05) is 0 Å². The smallest absolute Gasteiger partial charge is 0.345 e. The molecule has 0 fully saturated rings. The first kappa shape index (κ1) is 31.9. The van der Waals surface area contributed by atoms with E-state index in [-0.39, 0.29) is 5.75 Å². The number of fused-ring (bicyclic) bond motifs is 2. The van der Waals surface area contributed by atoms with Crippen LogP contribution in [0.1, 0.15) is 81.9 Å². The molecule has 0 aliphatic heterocycles. The van der Waals surface area contributed by atoms with Gasteiger partial charge in [-0.15, -0.1) is 22.7 Å². The van der Waals surface area contributed by atoms with Crippen molar-refractivity contribution in [3.05, 3.63) is 84.7 Å².